The lowest BCUT2D eigenvalue weighted by molar-refractivity contribution is -0.143. The Bertz CT molecular complexity index is 1410. The molecule has 4 heterocycles. The average Bonchev–Trinajstić information content (AvgIpc) is 3.31. The van der Waals surface area contributed by atoms with E-state index in [9.17, 15) is 19.5 Å². The number of rotatable bonds is 6. The van der Waals surface area contributed by atoms with Crippen molar-refractivity contribution in [1.82, 2.24) is 14.6 Å². The fraction of sp³-hybridized carbons (Fsp3) is 0.360. The molecule has 0 spiro atoms. The van der Waals surface area contributed by atoms with E-state index in [-0.39, 0.29) is 24.1 Å². The number of carbonyl (C=O) groups is 2. The molecule has 3 aromatic rings. The molecule has 1 fully saturated rings. The van der Waals surface area contributed by atoms with Gasteiger partial charge in [-0.05, 0) is 31.5 Å². The number of methoxy groups -OCH3 is 1. The van der Waals surface area contributed by atoms with Gasteiger partial charge in [-0.1, -0.05) is 0 Å². The molecule has 5 rings (SSSR count). The van der Waals surface area contributed by atoms with Gasteiger partial charge in [0.05, 0.1) is 38.1 Å². The van der Waals surface area contributed by atoms with Crippen molar-refractivity contribution < 1.29 is 24.2 Å². The van der Waals surface area contributed by atoms with Crippen molar-refractivity contribution in [2.24, 2.45) is 0 Å². The number of benzene rings is 1. The van der Waals surface area contributed by atoms with Gasteiger partial charge in [0.25, 0.3) is 0 Å². The van der Waals surface area contributed by atoms with Crippen LogP contribution in [0.25, 0.3) is 21.8 Å². The third-order valence-electron chi connectivity index (χ3n) is 6.38. The fourth-order valence-corrected chi connectivity index (χ4v) is 5.47. The monoisotopic (exact) mass is 510 g/mol. The molecular weight excluding hydrogens is 484 g/mol. The topological polar surface area (TPSA) is 114 Å². The number of hydrogen-bond acceptors (Lipinski definition) is 8. The molecule has 11 heteroatoms. The standard InChI is InChI=1S/C25H26N4O6S/c1-14(2)28-10-15-6-18(24-26-9-16(36-24)11-27-4-5-35-13-23(27)31)22(34-3)7-17(15)20-8-21(30)19(25(32)33)12-29(20)28/h6-9,12,14H,4-5,10-11,13H2,1-3H3,(H,32,33). The van der Waals surface area contributed by atoms with E-state index in [1.165, 1.54) is 23.6 Å². The maximum absolute atomic E-state index is 12.6. The molecule has 0 saturated carbocycles. The molecule has 1 saturated heterocycles. The maximum Gasteiger partial charge on any atom is 0.341 e. The molecule has 2 aliphatic heterocycles. The predicted octanol–water partition coefficient (Wildman–Crippen LogP) is 2.56. The molecule has 2 aliphatic rings. The molecule has 0 unspecified atom stereocenters. The van der Waals surface area contributed by atoms with Gasteiger partial charge in [-0.2, -0.15) is 0 Å². The molecule has 0 atom stereocenters. The number of morpholine rings is 1. The van der Waals surface area contributed by atoms with E-state index in [0.717, 1.165) is 26.6 Å². The smallest absolute Gasteiger partial charge is 0.341 e. The maximum atomic E-state index is 12.6. The number of amides is 1. The van der Waals surface area contributed by atoms with Crippen molar-refractivity contribution in [3.8, 4) is 27.6 Å². The lowest BCUT2D eigenvalue weighted by Gasteiger charge is -2.38. The Labute approximate surface area is 211 Å². The van der Waals surface area contributed by atoms with Gasteiger partial charge in [0.15, 0.2) is 5.43 Å². The first-order valence-corrected chi connectivity index (χ1v) is 12.4. The van der Waals surface area contributed by atoms with Crippen LogP contribution in [0.2, 0.25) is 0 Å². The first-order valence-electron chi connectivity index (χ1n) is 11.6. The number of carboxylic acids is 1. The molecule has 1 N–H and O–H groups in total. The molecule has 0 aliphatic carbocycles. The number of aromatic carboxylic acids is 1. The van der Waals surface area contributed by atoms with Crippen LogP contribution in [0, 0.1) is 0 Å². The third kappa shape index (κ3) is 4.24. The molecule has 10 nitrogen and oxygen atoms in total. The van der Waals surface area contributed by atoms with Crippen molar-refractivity contribution in [2.75, 3.05) is 31.9 Å². The van der Waals surface area contributed by atoms with E-state index in [1.807, 2.05) is 31.0 Å². The molecule has 188 valence electrons. The van der Waals surface area contributed by atoms with E-state index in [2.05, 4.69) is 4.98 Å². The van der Waals surface area contributed by atoms with Crippen LogP contribution in [-0.4, -0.2) is 64.5 Å². The lowest BCUT2D eigenvalue weighted by atomic mass is 9.97. The van der Waals surface area contributed by atoms with Crippen molar-refractivity contribution in [3.63, 3.8) is 0 Å². The van der Waals surface area contributed by atoms with E-state index < -0.39 is 11.4 Å². The molecular formula is C25H26N4O6S. The molecule has 1 aromatic carbocycles. The Hall–Kier alpha value is -3.70. The normalized spacial score (nSPS) is 15.2. The van der Waals surface area contributed by atoms with E-state index in [4.69, 9.17) is 9.47 Å². The van der Waals surface area contributed by atoms with Crippen LogP contribution >= 0.6 is 11.3 Å². The first kappa shape index (κ1) is 24.0. The van der Waals surface area contributed by atoms with Gasteiger partial charge in [0.1, 0.15) is 22.9 Å². The molecule has 36 heavy (non-hydrogen) atoms. The van der Waals surface area contributed by atoms with E-state index >= 15 is 0 Å². The van der Waals surface area contributed by atoms with Gasteiger partial charge >= 0.3 is 5.97 Å². The second-order valence-corrected chi connectivity index (χ2v) is 10.1. The Morgan fingerprint density at radius 2 is 2.06 bits per heavy atom. The summed E-state index contributed by atoms with van der Waals surface area (Å²) in [6.45, 7) is 6.21. The van der Waals surface area contributed by atoms with Crippen molar-refractivity contribution in [3.05, 3.63) is 56.8 Å². The summed E-state index contributed by atoms with van der Waals surface area (Å²) in [5, 5.41) is 12.2. The van der Waals surface area contributed by atoms with Crippen molar-refractivity contribution in [2.45, 2.75) is 33.0 Å². The van der Waals surface area contributed by atoms with Crippen LogP contribution < -0.4 is 15.2 Å². The highest BCUT2D eigenvalue weighted by atomic mass is 32.1. The summed E-state index contributed by atoms with van der Waals surface area (Å²) >= 11 is 1.50. The fourth-order valence-electron chi connectivity index (χ4n) is 4.52. The first-order chi connectivity index (χ1) is 17.3. The molecule has 0 radical (unpaired) electrons. The number of hydrogen-bond donors (Lipinski definition) is 1. The molecule has 1 amide bonds. The van der Waals surface area contributed by atoms with E-state index in [0.29, 0.717) is 37.7 Å². The minimum Gasteiger partial charge on any atom is -0.496 e. The van der Waals surface area contributed by atoms with Crippen LogP contribution in [0.1, 0.15) is 34.6 Å². The second kappa shape index (κ2) is 9.40. The summed E-state index contributed by atoms with van der Waals surface area (Å²) in [7, 11) is 1.58. The van der Waals surface area contributed by atoms with E-state index in [1.54, 1.807) is 22.9 Å². The Morgan fingerprint density at radius 1 is 1.25 bits per heavy atom. The van der Waals surface area contributed by atoms with Crippen molar-refractivity contribution in [1.29, 1.82) is 0 Å². The Morgan fingerprint density at radius 3 is 2.75 bits per heavy atom. The predicted molar refractivity (Wildman–Crippen MR) is 134 cm³/mol. The summed E-state index contributed by atoms with van der Waals surface area (Å²) in [4.78, 5) is 43.6. The van der Waals surface area contributed by atoms with Crippen LogP contribution in [0.15, 0.2) is 35.4 Å². The number of thiazole rings is 1. The third-order valence-corrected chi connectivity index (χ3v) is 7.40. The average molecular weight is 511 g/mol. The zero-order valence-electron chi connectivity index (χ0n) is 20.2. The summed E-state index contributed by atoms with van der Waals surface area (Å²) in [6.07, 6.45) is 3.17. The van der Waals surface area contributed by atoms with Gasteiger partial charge in [-0.15, -0.1) is 11.3 Å². The van der Waals surface area contributed by atoms with Crippen LogP contribution in [0.5, 0.6) is 5.75 Å². The zero-order valence-corrected chi connectivity index (χ0v) is 21.0. The summed E-state index contributed by atoms with van der Waals surface area (Å²) in [5.41, 5.74) is 2.39. The Balaban J connectivity index is 1.56. The van der Waals surface area contributed by atoms with Crippen LogP contribution in [-0.2, 0) is 22.6 Å². The highest BCUT2D eigenvalue weighted by Crippen LogP contribution is 2.41. The highest BCUT2D eigenvalue weighted by molar-refractivity contribution is 7.15. The number of fused-ring (bicyclic) bond motifs is 3. The second-order valence-electron chi connectivity index (χ2n) is 8.99. The quantitative estimate of drug-likeness (QED) is 0.538. The zero-order chi connectivity index (χ0) is 25.6. The number of carboxylic acid groups (broad SMARTS) is 1. The van der Waals surface area contributed by atoms with Crippen LogP contribution in [0.3, 0.4) is 0 Å². The van der Waals surface area contributed by atoms with Gasteiger partial charge in [0.2, 0.25) is 5.91 Å². The molecule has 2 aromatic heterocycles. The van der Waals surface area contributed by atoms with Gasteiger partial charge < -0.3 is 24.5 Å². The molecule has 0 bridgehead atoms. The summed E-state index contributed by atoms with van der Waals surface area (Å²) in [6, 6.07) is 5.31. The number of ether oxygens (including phenoxy) is 2. The summed E-state index contributed by atoms with van der Waals surface area (Å²) in [5.74, 6) is -0.691. The number of nitrogens with zero attached hydrogens (tertiary/aromatic N) is 4. The largest absolute Gasteiger partial charge is 0.496 e. The SMILES string of the molecule is COc1cc2c(cc1-c1ncc(CN3CCOCC3=O)s1)CN(C(C)C)n1cc(C(=O)O)c(=O)cc1-2. The number of carbonyl (C=O) groups excluding carboxylic acids is 1. The minimum atomic E-state index is -1.25. The minimum absolute atomic E-state index is 0.0312. The Kier molecular flexibility index (Phi) is 6.27. The van der Waals surface area contributed by atoms with Gasteiger partial charge in [-0.3, -0.25) is 14.3 Å². The summed E-state index contributed by atoms with van der Waals surface area (Å²) < 4.78 is 12.7. The number of aromatic nitrogens is 2. The lowest BCUT2D eigenvalue weighted by Crippen LogP contribution is -2.44. The highest BCUT2D eigenvalue weighted by Gasteiger charge is 2.28. The van der Waals surface area contributed by atoms with Crippen LogP contribution in [0.4, 0.5) is 0 Å². The van der Waals surface area contributed by atoms with Crippen molar-refractivity contribution >= 4 is 23.2 Å². The van der Waals surface area contributed by atoms with Gasteiger partial charge in [0, 0.05) is 41.5 Å². The van der Waals surface area contributed by atoms with Gasteiger partial charge in [-0.25, -0.2) is 9.78 Å². The number of pyridine rings is 1.